The topological polar surface area (TPSA) is 67.8 Å². The number of amides is 1. The first-order chi connectivity index (χ1) is 11.1. The average molecular weight is 342 g/mol. The number of ether oxygens (including phenoxy) is 2. The van der Waals surface area contributed by atoms with E-state index in [2.05, 4.69) is 5.32 Å². The fourth-order valence-electron chi connectivity index (χ4n) is 2.41. The molecule has 23 heavy (non-hydrogen) atoms. The minimum absolute atomic E-state index is 0.0821. The van der Waals surface area contributed by atoms with E-state index in [0.29, 0.717) is 17.2 Å². The monoisotopic (exact) mass is 341 g/mol. The van der Waals surface area contributed by atoms with Crippen LogP contribution in [0.15, 0.2) is 24.3 Å². The maximum absolute atomic E-state index is 12.0. The van der Waals surface area contributed by atoms with Gasteiger partial charge in [-0.1, -0.05) is 23.7 Å². The number of carbonyl (C=O) groups excluding carboxylic acids is 1. The van der Waals surface area contributed by atoms with E-state index in [0.717, 1.165) is 25.9 Å². The largest absolute Gasteiger partial charge is 0.387 e. The molecule has 0 bridgehead atoms. The molecule has 128 valence electrons. The van der Waals surface area contributed by atoms with Gasteiger partial charge in [0.15, 0.2) is 0 Å². The first-order valence-electron chi connectivity index (χ1n) is 8.00. The zero-order chi connectivity index (χ0) is 16.7. The summed E-state index contributed by atoms with van der Waals surface area (Å²) in [5.74, 6) is -0.242. The van der Waals surface area contributed by atoms with Crippen LogP contribution >= 0.6 is 11.6 Å². The van der Waals surface area contributed by atoms with E-state index >= 15 is 0 Å². The normalized spacial score (nSPS) is 20.7. The molecule has 2 N–H and O–H groups in total. The summed E-state index contributed by atoms with van der Waals surface area (Å²) in [5, 5.41) is 13.4. The minimum atomic E-state index is -0.773. The fraction of sp³-hybridized carbons (Fsp3) is 0.588. The SMILES string of the molecule is CC(OCC1CCCCO1)C(=O)NCC(O)c1ccc(Cl)cc1. The summed E-state index contributed by atoms with van der Waals surface area (Å²) in [7, 11) is 0. The smallest absolute Gasteiger partial charge is 0.248 e. The molecule has 0 saturated carbocycles. The number of hydrogen-bond acceptors (Lipinski definition) is 4. The highest BCUT2D eigenvalue weighted by Crippen LogP contribution is 2.16. The van der Waals surface area contributed by atoms with Gasteiger partial charge >= 0.3 is 0 Å². The lowest BCUT2D eigenvalue weighted by molar-refractivity contribution is -0.136. The number of benzene rings is 1. The second-order valence-corrected chi connectivity index (χ2v) is 6.21. The van der Waals surface area contributed by atoms with Crippen LogP contribution in [-0.2, 0) is 14.3 Å². The highest BCUT2D eigenvalue weighted by molar-refractivity contribution is 6.30. The van der Waals surface area contributed by atoms with Crippen molar-refractivity contribution in [2.75, 3.05) is 19.8 Å². The molecule has 1 amide bonds. The van der Waals surface area contributed by atoms with Gasteiger partial charge in [0.2, 0.25) is 5.91 Å². The summed E-state index contributed by atoms with van der Waals surface area (Å²) in [6.45, 7) is 3.02. The summed E-state index contributed by atoms with van der Waals surface area (Å²) in [6.07, 6.45) is 1.95. The Balaban J connectivity index is 1.69. The van der Waals surface area contributed by atoms with Gasteiger partial charge in [-0.05, 0) is 43.9 Å². The summed E-state index contributed by atoms with van der Waals surface area (Å²) < 4.78 is 11.1. The van der Waals surface area contributed by atoms with E-state index in [-0.39, 0.29) is 18.6 Å². The average Bonchev–Trinajstić information content (AvgIpc) is 2.58. The van der Waals surface area contributed by atoms with Crippen LogP contribution in [0.25, 0.3) is 0 Å². The summed E-state index contributed by atoms with van der Waals surface area (Å²) in [4.78, 5) is 12.0. The molecule has 1 aromatic rings. The van der Waals surface area contributed by atoms with Gasteiger partial charge in [-0.25, -0.2) is 0 Å². The number of aliphatic hydroxyl groups is 1. The molecule has 1 heterocycles. The van der Waals surface area contributed by atoms with Crippen molar-refractivity contribution in [3.8, 4) is 0 Å². The third-order valence-corrected chi connectivity index (χ3v) is 4.15. The van der Waals surface area contributed by atoms with Crippen LogP contribution < -0.4 is 5.32 Å². The molecule has 1 saturated heterocycles. The molecule has 1 aliphatic rings. The van der Waals surface area contributed by atoms with Crippen molar-refractivity contribution < 1.29 is 19.4 Å². The van der Waals surface area contributed by atoms with Gasteiger partial charge in [0, 0.05) is 18.2 Å². The van der Waals surface area contributed by atoms with Gasteiger partial charge in [0.1, 0.15) is 6.10 Å². The Morgan fingerprint density at radius 3 is 2.83 bits per heavy atom. The zero-order valence-corrected chi connectivity index (χ0v) is 14.1. The van der Waals surface area contributed by atoms with E-state index in [1.54, 1.807) is 31.2 Å². The standard InChI is InChI=1S/C17H24ClNO4/c1-12(23-11-15-4-2-3-9-22-15)17(21)19-10-16(20)13-5-7-14(18)8-6-13/h5-8,12,15-16,20H,2-4,9-11H2,1H3,(H,19,21). The lowest BCUT2D eigenvalue weighted by atomic mass is 10.1. The van der Waals surface area contributed by atoms with Crippen LogP contribution in [0, 0.1) is 0 Å². The Morgan fingerprint density at radius 2 is 2.17 bits per heavy atom. The first kappa shape index (κ1) is 18.2. The van der Waals surface area contributed by atoms with E-state index in [9.17, 15) is 9.90 Å². The Morgan fingerprint density at radius 1 is 1.43 bits per heavy atom. The lowest BCUT2D eigenvalue weighted by Crippen LogP contribution is -2.38. The third kappa shape index (κ3) is 6.11. The highest BCUT2D eigenvalue weighted by Gasteiger charge is 2.19. The molecule has 1 aliphatic heterocycles. The summed E-state index contributed by atoms with van der Waals surface area (Å²) >= 11 is 5.81. The molecular formula is C17H24ClNO4. The fourth-order valence-corrected chi connectivity index (χ4v) is 2.54. The molecule has 2 rings (SSSR count). The van der Waals surface area contributed by atoms with Gasteiger partial charge in [-0.2, -0.15) is 0 Å². The van der Waals surface area contributed by atoms with Crippen LogP contribution in [0.1, 0.15) is 37.9 Å². The number of hydrogen-bond donors (Lipinski definition) is 2. The molecule has 0 spiro atoms. The summed E-state index contributed by atoms with van der Waals surface area (Å²) in [6, 6.07) is 6.88. The van der Waals surface area contributed by atoms with E-state index < -0.39 is 12.2 Å². The molecule has 3 atom stereocenters. The predicted octanol–water partition coefficient (Wildman–Crippen LogP) is 2.46. The summed E-state index contributed by atoms with van der Waals surface area (Å²) in [5.41, 5.74) is 0.707. The zero-order valence-electron chi connectivity index (χ0n) is 13.3. The maximum Gasteiger partial charge on any atom is 0.248 e. The third-order valence-electron chi connectivity index (χ3n) is 3.90. The van der Waals surface area contributed by atoms with Crippen LogP contribution in [0.5, 0.6) is 0 Å². The number of rotatable bonds is 7. The van der Waals surface area contributed by atoms with Crippen molar-refractivity contribution in [2.45, 2.75) is 44.5 Å². The molecule has 1 fully saturated rings. The Kier molecular flexibility index (Phi) is 7.30. The number of nitrogens with one attached hydrogen (secondary N) is 1. The van der Waals surface area contributed by atoms with Crippen molar-refractivity contribution in [1.82, 2.24) is 5.32 Å². The van der Waals surface area contributed by atoms with Gasteiger partial charge < -0.3 is 19.9 Å². The van der Waals surface area contributed by atoms with E-state index in [4.69, 9.17) is 21.1 Å². The number of halogens is 1. The van der Waals surface area contributed by atoms with Crippen LogP contribution in [0.2, 0.25) is 5.02 Å². The van der Waals surface area contributed by atoms with Crippen LogP contribution in [0.3, 0.4) is 0 Å². The Labute approximate surface area is 141 Å². The van der Waals surface area contributed by atoms with Crippen molar-refractivity contribution in [3.05, 3.63) is 34.9 Å². The van der Waals surface area contributed by atoms with Crippen LogP contribution in [-0.4, -0.2) is 43.0 Å². The second-order valence-electron chi connectivity index (χ2n) is 5.78. The molecular weight excluding hydrogens is 318 g/mol. The van der Waals surface area contributed by atoms with Gasteiger partial charge in [-0.3, -0.25) is 4.79 Å². The Hall–Kier alpha value is -1.14. The van der Waals surface area contributed by atoms with Gasteiger partial charge in [-0.15, -0.1) is 0 Å². The Bertz CT molecular complexity index is 488. The first-order valence-corrected chi connectivity index (χ1v) is 8.38. The number of aliphatic hydroxyl groups excluding tert-OH is 1. The highest BCUT2D eigenvalue weighted by atomic mass is 35.5. The van der Waals surface area contributed by atoms with Gasteiger partial charge in [0.05, 0.1) is 18.8 Å². The van der Waals surface area contributed by atoms with E-state index in [1.807, 2.05) is 0 Å². The molecule has 0 aromatic heterocycles. The molecule has 6 heteroatoms. The minimum Gasteiger partial charge on any atom is -0.387 e. The van der Waals surface area contributed by atoms with Crippen molar-refractivity contribution in [1.29, 1.82) is 0 Å². The molecule has 5 nitrogen and oxygen atoms in total. The van der Waals surface area contributed by atoms with Crippen LogP contribution in [0.4, 0.5) is 0 Å². The van der Waals surface area contributed by atoms with Crippen molar-refractivity contribution >= 4 is 17.5 Å². The predicted molar refractivity (Wildman–Crippen MR) is 88.4 cm³/mol. The molecule has 3 unspecified atom stereocenters. The maximum atomic E-state index is 12.0. The molecule has 0 aliphatic carbocycles. The molecule has 1 aromatic carbocycles. The quantitative estimate of drug-likeness (QED) is 0.799. The van der Waals surface area contributed by atoms with Crippen molar-refractivity contribution in [2.24, 2.45) is 0 Å². The van der Waals surface area contributed by atoms with E-state index in [1.165, 1.54) is 0 Å². The van der Waals surface area contributed by atoms with Gasteiger partial charge in [0.25, 0.3) is 0 Å². The number of carbonyl (C=O) groups is 1. The molecule has 0 radical (unpaired) electrons. The second kappa shape index (κ2) is 9.23. The van der Waals surface area contributed by atoms with Crippen molar-refractivity contribution in [3.63, 3.8) is 0 Å². The lowest BCUT2D eigenvalue weighted by Gasteiger charge is -2.24.